The van der Waals surface area contributed by atoms with Gasteiger partial charge in [0.25, 0.3) is 0 Å². The molecule has 128 valence electrons. The molecule has 8 heteroatoms. The van der Waals surface area contributed by atoms with Crippen LogP contribution in [0.4, 0.5) is 11.4 Å². The zero-order chi connectivity index (χ0) is 18.1. The minimum absolute atomic E-state index is 0.0139. The van der Waals surface area contributed by atoms with E-state index < -0.39 is 17.2 Å². The zero-order valence-corrected chi connectivity index (χ0v) is 13.9. The van der Waals surface area contributed by atoms with Crippen LogP contribution < -0.4 is 4.31 Å². The van der Waals surface area contributed by atoms with Gasteiger partial charge in [-0.1, -0.05) is 29.8 Å². The third-order valence-corrected chi connectivity index (χ3v) is 4.36. The third kappa shape index (κ3) is 3.17. The van der Waals surface area contributed by atoms with E-state index >= 15 is 0 Å². The minimum Gasteiger partial charge on any atom is -0.755 e. The molecule has 1 atom stereocenters. The van der Waals surface area contributed by atoms with Gasteiger partial charge in [0.15, 0.2) is 5.69 Å². The topological polar surface area (TPSA) is 114 Å². The molecule has 0 aliphatic rings. The number of aryl methyl sites for hydroxylation is 1. The zero-order valence-electron chi connectivity index (χ0n) is 13.0. The summed E-state index contributed by atoms with van der Waals surface area (Å²) >= 11 is -2.72. The van der Waals surface area contributed by atoms with Gasteiger partial charge in [-0.15, -0.1) is 0 Å². The van der Waals surface area contributed by atoms with E-state index in [1.165, 1.54) is 18.2 Å². The monoisotopic (exact) mass is 357 g/mol. The third-order valence-electron chi connectivity index (χ3n) is 3.65. The van der Waals surface area contributed by atoms with Crippen LogP contribution in [-0.2, 0) is 11.3 Å². The number of hydrogen-bond donors (Lipinski definition) is 2. The van der Waals surface area contributed by atoms with Crippen molar-refractivity contribution in [1.82, 2.24) is 4.98 Å². The fraction of sp³-hybridized carbons (Fsp3) is 0.0588. The van der Waals surface area contributed by atoms with Crippen molar-refractivity contribution < 1.29 is 23.8 Å². The standard InChI is InChI=1S/C17H14N2O5S/c1-10-5-7-11(8-6-10)19(25(23)24)14-9-13(17(21)22)18-16-12(14)3-2-4-15(16)20/h2-9,20H,1H3,(H,21,22)(H,23,24)/p-1. The minimum atomic E-state index is -2.72. The van der Waals surface area contributed by atoms with Crippen LogP contribution in [0.15, 0.2) is 48.5 Å². The number of aromatic nitrogens is 1. The fourth-order valence-corrected chi connectivity index (χ4v) is 3.08. The Bertz CT molecular complexity index is 988. The van der Waals surface area contributed by atoms with Crippen LogP contribution in [0.2, 0.25) is 0 Å². The maximum atomic E-state index is 11.9. The lowest BCUT2D eigenvalue weighted by atomic mass is 10.1. The molecule has 2 aromatic carbocycles. The van der Waals surface area contributed by atoms with Crippen molar-refractivity contribution in [3.63, 3.8) is 0 Å². The van der Waals surface area contributed by atoms with Crippen molar-refractivity contribution in [3.8, 4) is 5.75 Å². The lowest BCUT2D eigenvalue weighted by Gasteiger charge is -2.28. The van der Waals surface area contributed by atoms with E-state index in [4.69, 9.17) is 0 Å². The van der Waals surface area contributed by atoms with Gasteiger partial charge in [0.1, 0.15) is 11.3 Å². The normalized spacial score (nSPS) is 12.1. The van der Waals surface area contributed by atoms with E-state index in [-0.39, 0.29) is 22.6 Å². The highest BCUT2D eigenvalue weighted by Gasteiger charge is 2.19. The first-order valence-electron chi connectivity index (χ1n) is 7.20. The van der Waals surface area contributed by atoms with E-state index in [0.29, 0.717) is 11.1 Å². The molecule has 0 fully saturated rings. The summed E-state index contributed by atoms with van der Waals surface area (Å²) in [4.78, 5) is 15.3. The highest BCUT2D eigenvalue weighted by atomic mass is 32.2. The number of para-hydroxylation sites is 1. The average Bonchev–Trinajstić information content (AvgIpc) is 2.57. The van der Waals surface area contributed by atoms with E-state index in [1.54, 1.807) is 30.3 Å². The summed E-state index contributed by atoms with van der Waals surface area (Å²) < 4.78 is 24.7. The van der Waals surface area contributed by atoms with Gasteiger partial charge in [0, 0.05) is 5.39 Å². The van der Waals surface area contributed by atoms with Gasteiger partial charge >= 0.3 is 5.97 Å². The molecule has 0 spiro atoms. The molecule has 2 N–H and O–H groups in total. The van der Waals surface area contributed by atoms with Crippen molar-refractivity contribution in [2.75, 3.05) is 4.31 Å². The number of pyridine rings is 1. The molecule has 0 aliphatic heterocycles. The number of fused-ring (bicyclic) bond motifs is 1. The second kappa shape index (κ2) is 6.50. The van der Waals surface area contributed by atoms with Gasteiger partial charge in [-0.25, -0.2) is 9.78 Å². The molecule has 0 aliphatic carbocycles. The molecule has 3 aromatic rings. The summed E-state index contributed by atoms with van der Waals surface area (Å²) in [6.07, 6.45) is 0. The number of nitrogens with zero attached hydrogens (tertiary/aromatic N) is 2. The van der Waals surface area contributed by atoms with Crippen molar-refractivity contribution >= 4 is 39.5 Å². The van der Waals surface area contributed by atoms with Gasteiger partial charge in [-0.2, -0.15) is 0 Å². The first-order chi connectivity index (χ1) is 11.9. The first kappa shape index (κ1) is 16.9. The van der Waals surface area contributed by atoms with Crippen LogP contribution in [0.1, 0.15) is 16.1 Å². The Morgan fingerprint density at radius 1 is 1.20 bits per heavy atom. The summed E-state index contributed by atoms with van der Waals surface area (Å²) in [5, 5.41) is 19.6. The van der Waals surface area contributed by atoms with E-state index in [1.807, 2.05) is 6.92 Å². The first-order valence-corrected chi connectivity index (χ1v) is 8.24. The molecule has 25 heavy (non-hydrogen) atoms. The van der Waals surface area contributed by atoms with Gasteiger partial charge < -0.3 is 14.8 Å². The molecule has 0 saturated heterocycles. The summed E-state index contributed by atoms with van der Waals surface area (Å²) in [7, 11) is 0. The van der Waals surface area contributed by atoms with E-state index in [9.17, 15) is 23.8 Å². The van der Waals surface area contributed by atoms with Crippen LogP contribution in [0.3, 0.4) is 0 Å². The summed E-state index contributed by atoms with van der Waals surface area (Å²) in [6.45, 7) is 1.87. The number of anilines is 2. The largest absolute Gasteiger partial charge is 0.755 e. The second-order valence-electron chi connectivity index (χ2n) is 5.35. The number of phenols is 1. The predicted molar refractivity (Wildman–Crippen MR) is 92.6 cm³/mol. The lowest BCUT2D eigenvalue weighted by molar-refractivity contribution is 0.0691. The predicted octanol–water partition coefficient (Wildman–Crippen LogP) is 2.88. The van der Waals surface area contributed by atoms with Crippen molar-refractivity contribution in [2.45, 2.75) is 6.92 Å². The number of aromatic hydroxyl groups is 1. The maximum Gasteiger partial charge on any atom is 0.354 e. The molecule has 1 aromatic heterocycles. The molecule has 1 heterocycles. The summed E-state index contributed by atoms with van der Waals surface area (Å²) in [6, 6.07) is 12.3. The Morgan fingerprint density at radius 2 is 1.88 bits per heavy atom. The Hall–Kier alpha value is -2.97. The molecule has 1 unspecified atom stereocenters. The molecule has 0 saturated carbocycles. The number of aromatic carboxylic acids is 1. The number of rotatable bonds is 4. The number of carbonyl (C=O) groups is 1. The molecule has 0 amide bonds. The van der Waals surface area contributed by atoms with Crippen molar-refractivity contribution in [2.24, 2.45) is 0 Å². The maximum absolute atomic E-state index is 11.9. The highest BCUT2D eigenvalue weighted by Crippen LogP contribution is 2.36. The fourth-order valence-electron chi connectivity index (χ4n) is 2.48. The number of phenolic OH excluding ortho intramolecular Hbond substituents is 1. The Balaban J connectivity index is 2.34. The quantitative estimate of drug-likeness (QED) is 0.694. The van der Waals surface area contributed by atoms with Crippen LogP contribution >= 0.6 is 0 Å². The van der Waals surface area contributed by atoms with Gasteiger partial charge in [0.05, 0.1) is 22.6 Å². The van der Waals surface area contributed by atoms with Crippen LogP contribution in [-0.4, -0.2) is 29.9 Å². The summed E-state index contributed by atoms with van der Waals surface area (Å²) in [5.74, 6) is -1.56. The van der Waals surface area contributed by atoms with Crippen LogP contribution in [0, 0.1) is 6.92 Å². The molecular weight excluding hydrogens is 344 g/mol. The number of carboxylic acid groups (broad SMARTS) is 1. The number of hydrogen-bond acceptors (Lipinski definition) is 5. The average molecular weight is 357 g/mol. The van der Waals surface area contributed by atoms with Crippen molar-refractivity contribution in [1.29, 1.82) is 0 Å². The second-order valence-corrected chi connectivity index (χ2v) is 6.15. The SMILES string of the molecule is Cc1ccc(N(c2cc(C(=O)O)nc3c(O)cccc23)S(=O)[O-])cc1. The van der Waals surface area contributed by atoms with Gasteiger partial charge in [-0.3, -0.25) is 8.51 Å². The van der Waals surface area contributed by atoms with Gasteiger partial charge in [0.2, 0.25) is 0 Å². The van der Waals surface area contributed by atoms with Gasteiger partial charge in [-0.05, 0) is 31.2 Å². The van der Waals surface area contributed by atoms with Crippen LogP contribution in [0.25, 0.3) is 10.9 Å². The molecule has 0 radical (unpaired) electrons. The Labute approximate surface area is 145 Å². The molecule has 7 nitrogen and oxygen atoms in total. The van der Waals surface area contributed by atoms with E-state index in [2.05, 4.69) is 4.98 Å². The highest BCUT2D eigenvalue weighted by molar-refractivity contribution is 7.81. The Morgan fingerprint density at radius 3 is 2.48 bits per heavy atom. The smallest absolute Gasteiger partial charge is 0.354 e. The molecular formula is C17H13N2O5S-. The molecule has 0 bridgehead atoms. The van der Waals surface area contributed by atoms with Crippen molar-refractivity contribution in [3.05, 3.63) is 59.8 Å². The van der Waals surface area contributed by atoms with E-state index in [0.717, 1.165) is 9.87 Å². The number of benzene rings is 2. The van der Waals surface area contributed by atoms with Crippen LogP contribution in [0.5, 0.6) is 5.75 Å². The molecule has 3 rings (SSSR count). The summed E-state index contributed by atoms with van der Waals surface area (Å²) in [5.41, 5.74) is 1.02. The lowest BCUT2D eigenvalue weighted by Crippen LogP contribution is -2.20. The number of carboxylic acids is 1. The Kier molecular flexibility index (Phi) is 4.39.